The zero-order valence-electron chi connectivity index (χ0n) is 16.7. The predicted molar refractivity (Wildman–Crippen MR) is 114 cm³/mol. The summed E-state index contributed by atoms with van der Waals surface area (Å²) in [5.41, 5.74) is 4.09. The minimum Gasteiger partial charge on any atom is -0.497 e. The van der Waals surface area contributed by atoms with Gasteiger partial charge in [-0.25, -0.2) is 14.3 Å². The van der Waals surface area contributed by atoms with Crippen molar-refractivity contribution >= 4 is 21.4 Å². The minimum absolute atomic E-state index is 0.0128. The van der Waals surface area contributed by atoms with E-state index >= 15 is 0 Å². The van der Waals surface area contributed by atoms with E-state index in [0.717, 1.165) is 11.3 Å². The van der Waals surface area contributed by atoms with Crippen molar-refractivity contribution in [3.63, 3.8) is 0 Å². The SMILES string of the molecule is COc1cccc(N(Cc2ccc(C(=O)NN)cc2)C(O)N2CCS(=O)(=O)CC2)c1. The number of benzene rings is 2. The lowest BCUT2D eigenvalue weighted by atomic mass is 10.1. The largest absolute Gasteiger partial charge is 0.497 e. The monoisotopic (exact) mass is 434 g/mol. The molecule has 1 heterocycles. The molecule has 1 atom stereocenters. The van der Waals surface area contributed by atoms with Gasteiger partial charge in [-0.15, -0.1) is 0 Å². The average Bonchev–Trinajstić information content (AvgIpc) is 2.77. The number of nitrogens with zero attached hydrogens (tertiary/aromatic N) is 2. The fourth-order valence-electron chi connectivity index (χ4n) is 3.29. The number of nitrogens with two attached hydrogens (primary N) is 1. The molecule has 0 radical (unpaired) electrons. The number of nitrogen functional groups attached to an aromatic ring is 1. The van der Waals surface area contributed by atoms with Crippen LogP contribution in [0.2, 0.25) is 0 Å². The Morgan fingerprint density at radius 1 is 1.23 bits per heavy atom. The van der Waals surface area contributed by atoms with Gasteiger partial charge in [-0.05, 0) is 29.8 Å². The highest BCUT2D eigenvalue weighted by molar-refractivity contribution is 7.91. The van der Waals surface area contributed by atoms with Crippen LogP contribution in [-0.2, 0) is 16.4 Å². The molecule has 1 fully saturated rings. The number of carbonyl (C=O) groups is 1. The molecule has 0 aliphatic carbocycles. The highest BCUT2D eigenvalue weighted by Gasteiger charge is 2.30. The van der Waals surface area contributed by atoms with E-state index in [0.29, 0.717) is 17.9 Å². The summed E-state index contributed by atoms with van der Waals surface area (Å²) in [6.07, 6.45) is -1.03. The summed E-state index contributed by atoms with van der Waals surface area (Å²) in [4.78, 5) is 15.1. The van der Waals surface area contributed by atoms with Crippen LogP contribution in [0.25, 0.3) is 0 Å². The summed E-state index contributed by atoms with van der Waals surface area (Å²) in [6, 6.07) is 14.2. The molecule has 162 valence electrons. The van der Waals surface area contributed by atoms with E-state index < -0.39 is 16.2 Å². The van der Waals surface area contributed by atoms with Crippen LogP contribution in [0.1, 0.15) is 15.9 Å². The van der Waals surface area contributed by atoms with Gasteiger partial charge in [0.2, 0.25) is 0 Å². The molecule has 1 saturated heterocycles. The highest BCUT2D eigenvalue weighted by Crippen LogP contribution is 2.26. The van der Waals surface area contributed by atoms with Crippen LogP contribution >= 0.6 is 0 Å². The van der Waals surface area contributed by atoms with Crippen molar-refractivity contribution in [3.05, 3.63) is 59.7 Å². The Morgan fingerprint density at radius 3 is 2.50 bits per heavy atom. The maximum atomic E-state index is 11.8. The highest BCUT2D eigenvalue weighted by atomic mass is 32.2. The number of sulfone groups is 1. The van der Waals surface area contributed by atoms with E-state index in [9.17, 15) is 18.3 Å². The Morgan fingerprint density at radius 2 is 1.90 bits per heavy atom. The fourth-order valence-corrected chi connectivity index (χ4v) is 4.52. The van der Waals surface area contributed by atoms with E-state index in [-0.39, 0.29) is 30.5 Å². The molecule has 4 N–H and O–H groups in total. The van der Waals surface area contributed by atoms with Gasteiger partial charge in [-0.3, -0.25) is 15.1 Å². The van der Waals surface area contributed by atoms with Gasteiger partial charge in [-0.2, -0.15) is 0 Å². The second-order valence-electron chi connectivity index (χ2n) is 7.03. The Bertz CT molecular complexity index is 967. The molecule has 0 bridgehead atoms. The number of carbonyl (C=O) groups excluding carboxylic acids is 1. The molecule has 1 unspecified atom stereocenters. The van der Waals surface area contributed by atoms with Gasteiger partial charge in [0.15, 0.2) is 16.2 Å². The van der Waals surface area contributed by atoms with E-state index in [1.807, 2.05) is 18.2 Å². The van der Waals surface area contributed by atoms with E-state index in [1.165, 1.54) is 0 Å². The van der Waals surface area contributed by atoms with Gasteiger partial charge in [0.05, 0.1) is 18.6 Å². The van der Waals surface area contributed by atoms with Gasteiger partial charge >= 0.3 is 0 Å². The van der Waals surface area contributed by atoms with Crippen molar-refractivity contribution in [2.75, 3.05) is 36.6 Å². The summed E-state index contributed by atoms with van der Waals surface area (Å²) in [6.45, 7) is 0.835. The standard InChI is InChI=1S/C20H26N4O5S/c1-29-18-4-2-3-17(13-18)24(20(26)23-9-11-30(27,28)12-10-23)14-15-5-7-16(8-6-15)19(25)22-21/h2-8,13,20,26H,9-12,14,21H2,1H3,(H,22,25). The molecular weight excluding hydrogens is 408 g/mol. The Balaban J connectivity index is 1.86. The third kappa shape index (κ3) is 5.28. The Hall–Kier alpha value is -2.66. The Labute approximate surface area is 175 Å². The quantitative estimate of drug-likeness (QED) is 0.246. The molecule has 2 aromatic rings. The van der Waals surface area contributed by atoms with E-state index in [4.69, 9.17) is 10.6 Å². The van der Waals surface area contributed by atoms with Crippen LogP contribution in [0.4, 0.5) is 5.69 Å². The van der Waals surface area contributed by atoms with Crippen molar-refractivity contribution in [2.45, 2.75) is 12.9 Å². The minimum atomic E-state index is -3.06. The first-order valence-electron chi connectivity index (χ1n) is 9.46. The number of ether oxygens (including phenoxy) is 1. The third-order valence-corrected chi connectivity index (χ3v) is 6.68. The molecule has 1 aliphatic rings. The number of nitrogens with one attached hydrogen (secondary N) is 1. The summed E-state index contributed by atoms with van der Waals surface area (Å²) in [5.74, 6) is 5.44. The first kappa shape index (κ1) is 22.0. The van der Waals surface area contributed by atoms with Crippen molar-refractivity contribution in [1.29, 1.82) is 0 Å². The fraction of sp³-hybridized carbons (Fsp3) is 0.350. The molecule has 30 heavy (non-hydrogen) atoms. The van der Waals surface area contributed by atoms with Gasteiger partial charge in [0.25, 0.3) is 5.91 Å². The van der Waals surface area contributed by atoms with Crippen molar-refractivity contribution in [1.82, 2.24) is 10.3 Å². The van der Waals surface area contributed by atoms with Gasteiger partial charge in [-0.1, -0.05) is 18.2 Å². The summed E-state index contributed by atoms with van der Waals surface area (Å²) in [7, 11) is -1.50. The molecule has 1 amide bonds. The van der Waals surface area contributed by atoms with Crippen LogP contribution in [0, 0.1) is 0 Å². The smallest absolute Gasteiger partial charge is 0.265 e. The van der Waals surface area contributed by atoms with Gasteiger partial charge < -0.3 is 14.7 Å². The molecule has 0 spiro atoms. The van der Waals surface area contributed by atoms with E-state index in [1.54, 1.807) is 47.2 Å². The zero-order valence-corrected chi connectivity index (χ0v) is 17.5. The van der Waals surface area contributed by atoms with E-state index in [2.05, 4.69) is 5.43 Å². The molecular formula is C20H26N4O5S. The number of methoxy groups -OCH3 is 1. The maximum absolute atomic E-state index is 11.8. The lowest BCUT2D eigenvalue weighted by Crippen LogP contribution is -2.53. The van der Waals surface area contributed by atoms with Crippen LogP contribution in [0.15, 0.2) is 48.5 Å². The number of hydrogen-bond donors (Lipinski definition) is 3. The molecule has 10 heteroatoms. The number of hydrazine groups is 1. The van der Waals surface area contributed by atoms with Crippen molar-refractivity contribution in [2.24, 2.45) is 5.84 Å². The number of aliphatic hydroxyl groups excluding tert-OH is 1. The first-order chi connectivity index (χ1) is 14.3. The number of aliphatic hydroxyl groups is 1. The molecule has 0 aromatic heterocycles. The summed E-state index contributed by atoms with van der Waals surface area (Å²) in [5, 5.41) is 11.1. The van der Waals surface area contributed by atoms with Gasteiger partial charge in [0, 0.05) is 37.0 Å². The normalized spacial score (nSPS) is 17.2. The van der Waals surface area contributed by atoms with Crippen molar-refractivity contribution in [3.8, 4) is 5.75 Å². The topological polar surface area (TPSA) is 125 Å². The lowest BCUT2D eigenvalue weighted by molar-refractivity contribution is 0.00599. The average molecular weight is 435 g/mol. The second kappa shape index (κ2) is 9.43. The number of rotatable bonds is 7. The molecule has 0 saturated carbocycles. The lowest BCUT2D eigenvalue weighted by Gasteiger charge is -2.39. The first-order valence-corrected chi connectivity index (χ1v) is 11.3. The third-order valence-electron chi connectivity index (χ3n) is 5.07. The van der Waals surface area contributed by atoms with Crippen LogP contribution in [0.5, 0.6) is 5.75 Å². The molecule has 3 rings (SSSR count). The van der Waals surface area contributed by atoms with Crippen LogP contribution in [-0.4, -0.2) is 62.4 Å². The summed E-state index contributed by atoms with van der Waals surface area (Å²) >= 11 is 0. The van der Waals surface area contributed by atoms with Crippen molar-refractivity contribution < 1.29 is 23.1 Å². The van der Waals surface area contributed by atoms with Crippen LogP contribution < -0.4 is 20.9 Å². The second-order valence-corrected chi connectivity index (χ2v) is 9.34. The number of amides is 1. The van der Waals surface area contributed by atoms with Crippen LogP contribution in [0.3, 0.4) is 0 Å². The maximum Gasteiger partial charge on any atom is 0.265 e. The van der Waals surface area contributed by atoms with Gasteiger partial charge in [0.1, 0.15) is 5.75 Å². The predicted octanol–water partition coefficient (Wildman–Crippen LogP) is 0.312. The number of hydrogen-bond acceptors (Lipinski definition) is 8. The summed E-state index contributed by atoms with van der Waals surface area (Å²) < 4.78 is 28.8. The molecule has 1 aliphatic heterocycles. The zero-order chi connectivity index (χ0) is 21.7. The molecule has 9 nitrogen and oxygen atoms in total. The Kier molecular flexibility index (Phi) is 6.93. The molecule has 2 aromatic carbocycles. The number of anilines is 1.